The molecule has 1 atom stereocenters. The van der Waals surface area contributed by atoms with Crippen LogP contribution in [0.4, 0.5) is 0 Å². The van der Waals surface area contributed by atoms with E-state index < -0.39 is 16.8 Å². The number of rotatable bonds is 3. The summed E-state index contributed by atoms with van der Waals surface area (Å²) in [6.45, 7) is 9.04. The minimum atomic E-state index is -2.46. The molecular formula is C18H35NOSiTi. The molecule has 0 heterocycles. The van der Waals surface area contributed by atoms with Crippen molar-refractivity contribution in [2.24, 2.45) is 11.8 Å². The van der Waals surface area contributed by atoms with Gasteiger partial charge in [0.05, 0.1) is 0 Å². The van der Waals surface area contributed by atoms with Gasteiger partial charge in [-0.15, -0.1) is 0 Å². The number of carbonyl (C=O) groups excluding carboxylic acids is 1. The van der Waals surface area contributed by atoms with Crippen molar-refractivity contribution in [2.45, 2.75) is 70.3 Å². The summed E-state index contributed by atoms with van der Waals surface area (Å²) >= 11 is -2.46. The van der Waals surface area contributed by atoms with Gasteiger partial charge >= 0.3 is 134 Å². The van der Waals surface area contributed by atoms with Gasteiger partial charge in [-0.25, -0.2) is 0 Å². The fourth-order valence-corrected chi connectivity index (χ4v) is 9.49. The SMILES string of the molecule is CC1=C(C)C(C)[C]([Ti]([CH3])([CH3])[NH]C(=O)C2CCCCC2)=C1C.[SiH4]. The number of hydrogen-bond donors (Lipinski definition) is 1. The Kier molecular flexibility index (Phi) is 6.91. The molecule has 126 valence electrons. The third kappa shape index (κ3) is 3.85. The summed E-state index contributed by atoms with van der Waals surface area (Å²) in [5.74, 6) is 1.14. The molecular weight excluding hydrogens is 322 g/mol. The first-order valence-corrected chi connectivity index (χ1v) is 13.1. The van der Waals surface area contributed by atoms with Crippen molar-refractivity contribution in [3.63, 3.8) is 0 Å². The summed E-state index contributed by atoms with van der Waals surface area (Å²) in [6, 6.07) is 0. The Morgan fingerprint density at radius 2 is 1.59 bits per heavy atom. The van der Waals surface area contributed by atoms with Crippen molar-refractivity contribution in [3.05, 3.63) is 20.6 Å². The second-order valence-corrected chi connectivity index (χ2v) is 13.8. The van der Waals surface area contributed by atoms with Crippen molar-refractivity contribution in [1.82, 2.24) is 3.80 Å². The molecule has 0 bridgehead atoms. The summed E-state index contributed by atoms with van der Waals surface area (Å²) in [4.78, 5) is 12.6. The summed E-state index contributed by atoms with van der Waals surface area (Å²) in [6.07, 6.45) is 5.94. The molecule has 2 nitrogen and oxygen atoms in total. The van der Waals surface area contributed by atoms with Gasteiger partial charge in [-0.2, -0.15) is 0 Å². The van der Waals surface area contributed by atoms with Gasteiger partial charge < -0.3 is 0 Å². The zero-order valence-corrected chi connectivity index (χ0v) is 16.2. The molecule has 2 aliphatic carbocycles. The van der Waals surface area contributed by atoms with Crippen LogP contribution in [-0.2, 0) is 21.6 Å². The van der Waals surface area contributed by atoms with E-state index in [-0.39, 0.29) is 16.9 Å². The van der Waals surface area contributed by atoms with Gasteiger partial charge in [0.25, 0.3) is 0 Å². The van der Waals surface area contributed by atoms with Crippen molar-refractivity contribution >= 4 is 16.9 Å². The second-order valence-electron chi connectivity index (χ2n) is 7.52. The standard InChI is InChI=1S/C9H13.C7H13NO.2CH3.H4Si.Ti/c1-6-5-7(2)9(4)8(6)3;8-7(9)6-4-2-1-3-5-6;;;;/h6H,1-4H3;6H,1-5H2,(H2,8,9);2*1H3;1H4;/q;;;;;+1/p-1. The quantitative estimate of drug-likeness (QED) is 0.768. The predicted molar refractivity (Wildman–Crippen MR) is 98.0 cm³/mol. The van der Waals surface area contributed by atoms with Gasteiger partial charge in [0, 0.05) is 0 Å². The van der Waals surface area contributed by atoms with Crippen LogP contribution in [0.25, 0.3) is 0 Å². The second kappa shape index (κ2) is 7.63. The van der Waals surface area contributed by atoms with Gasteiger partial charge in [0.15, 0.2) is 0 Å². The fourth-order valence-electron chi connectivity index (χ4n) is 4.22. The topological polar surface area (TPSA) is 29.1 Å². The normalized spacial score (nSPS) is 23.6. The Bertz CT molecular complexity index is 501. The number of hydrogen-bond acceptors (Lipinski definition) is 1. The van der Waals surface area contributed by atoms with E-state index in [1.54, 1.807) is 3.88 Å². The monoisotopic (exact) mass is 357 g/mol. The minimum absolute atomic E-state index is 0. The number of allylic oxidation sites excluding steroid dienone is 4. The maximum Gasteiger partial charge on any atom is -0.0149 e. The van der Waals surface area contributed by atoms with Gasteiger partial charge in [0.2, 0.25) is 0 Å². The van der Waals surface area contributed by atoms with E-state index in [1.165, 1.54) is 36.0 Å². The van der Waals surface area contributed by atoms with Crippen molar-refractivity contribution in [2.75, 3.05) is 0 Å². The smallest absolute Gasteiger partial charge is 0.0149 e. The molecule has 1 fully saturated rings. The molecule has 1 unspecified atom stereocenters. The number of carbonyl (C=O) groups is 1. The maximum absolute atomic E-state index is 12.6. The van der Waals surface area contributed by atoms with Crippen LogP contribution in [0.2, 0.25) is 10.5 Å². The molecule has 2 aliphatic rings. The van der Waals surface area contributed by atoms with Gasteiger partial charge in [-0.3, -0.25) is 0 Å². The van der Waals surface area contributed by atoms with E-state index in [1.807, 2.05) is 0 Å². The predicted octanol–water partition coefficient (Wildman–Crippen LogP) is 3.66. The molecule has 22 heavy (non-hydrogen) atoms. The van der Waals surface area contributed by atoms with Gasteiger partial charge in [-0.05, 0) is 11.0 Å². The van der Waals surface area contributed by atoms with E-state index in [4.69, 9.17) is 0 Å². The molecule has 0 saturated heterocycles. The first-order chi connectivity index (χ1) is 9.75. The van der Waals surface area contributed by atoms with Gasteiger partial charge in [-0.1, -0.05) is 0 Å². The van der Waals surface area contributed by atoms with Crippen LogP contribution in [0.15, 0.2) is 20.6 Å². The first kappa shape index (κ1) is 19.9. The molecule has 1 amide bonds. The van der Waals surface area contributed by atoms with Crippen molar-refractivity contribution < 1.29 is 21.6 Å². The summed E-state index contributed by atoms with van der Waals surface area (Å²) in [7, 11) is 0. The zero-order chi connectivity index (χ0) is 15.8. The van der Waals surface area contributed by atoms with E-state index in [9.17, 15) is 4.79 Å². The van der Waals surface area contributed by atoms with E-state index in [0.29, 0.717) is 11.8 Å². The Morgan fingerprint density at radius 1 is 1.05 bits per heavy atom. The third-order valence-electron chi connectivity index (χ3n) is 5.73. The van der Waals surface area contributed by atoms with Crippen LogP contribution in [0.5, 0.6) is 0 Å². The fraction of sp³-hybridized carbons (Fsp3) is 0.722. The van der Waals surface area contributed by atoms with Crippen molar-refractivity contribution in [1.29, 1.82) is 0 Å². The average Bonchev–Trinajstić information content (AvgIpc) is 2.63. The van der Waals surface area contributed by atoms with Crippen LogP contribution < -0.4 is 3.80 Å². The summed E-state index contributed by atoms with van der Waals surface area (Å²) in [5.41, 5.74) is 4.39. The first-order valence-electron chi connectivity index (χ1n) is 8.46. The van der Waals surface area contributed by atoms with E-state index in [0.717, 1.165) is 12.8 Å². The molecule has 0 radical (unpaired) electrons. The minimum Gasteiger partial charge on any atom is -0.0149 e. The van der Waals surface area contributed by atoms with E-state index in [2.05, 4.69) is 42.0 Å². The average molecular weight is 357 g/mol. The van der Waals surface area contributed by atoms with Crippen LogP contribution >= 0.6 is 0 Å². The molecule has 4 heteroatoms. The summed E-state index contributed by atoms with van der Waals surface area (Å²) in [5, 5.41) is 4.70. The molecule has 1 saturated carbocycles. The van der Waals surface area contributed by atoms with Crippen LogP contribution in [0, 0.1) is 11.8 Å². The summed E-state index contributed by atoms with van der Waals surface area (Å²) < 4.78 is 5.11. The number of amides is 1. The van der Waals surface area contributed by atoms with Gasteiger partial charge in [0.1, 0.15) is 0 Å². The van der Waals surface area contributed by atoms with Crippen LogP contribution in [-0.4, -0.2) is 16.9 Å². The van der Waals surface area contributed by atoms with Crippen LogP contribution in [0.1, 0.15) is 59.8 Å². The molecule has 0 aromatic rings. The van der Waals surface area contributed by atoms with Crippen molar-refractivity contribution in [3.8, 4) is 0 Å². The Balaban J connectivity index is 0.00000242. The largest absolute Gasteiger partial charge is 0.0149 e. The Labute approximate surface area is 144 Å². The molecule has 0 aromatic carbocycles. The molecule has 0 aliphatic heterocycles. The van der Waals surface area contributed by atoms with E-state index >= 15 is 0 Å². The van der Waals surface area contributed by atoms with Crippen LogP contribution in [0.3, 0.4) is 0 Å². The Morgan fingerprint density at radius 3 is 2.05 bits per heavy atom. The maximum atomic E-state index is 12.6. The Hall–Kier alpha value is -0.119. The molecule has 0 spiro atoms. The third-order valence-corrected chi connectivity index (χ3v) is 10.5. The number of nitrogens with one attached hydrogen (secondary N) is 1. The molecule has 2 rings (SSSR count). The zero-order valence-electron chi connectivity index (χ0n) is 14.6. The molecule has 1 N–H and O–H groups in total. The molecule has 0 aromatic heterocycles.